The van der Waals surface area contributed by atoms with E-state index in [2.05, 4.69) is 25.6 Å². The summed E-state index contributed by atoms with van der Waals surface area (Å²) in [5.41, 5.74) is 5.37. The number of urea groups is 1. The van der Waals surface area contributed by atoms with E-state index in [-0.39, 0.29) is 6.03 Å². The van der Waals surface area contributed by atoms with Crippen LogP contribution in [0.4, 0.5) is 10.6 Å². The maximum atomic E-state index is 12.1. The summed E-state index contributed by atoms with van der Waals surface area (Å²) in [5, 5.41) is 2.83. The van der Waals surface area contributed by atoms with E-state index in [0.717, 1.165) is 48.7 Å². The van der Waals surface area contributed by atoms with Gasteiger partial charge in [0, 0.05) is 25.8 Å². The Kier molecular flexibility index (Phi) is 4.65. The highest BCUT2D eigenvalue weighted by molar-refractivity contribution is 5.85. The molecule has 0 aliphatic carbocycles. The maximum Gasteiger partial charge on any atom is 0.334 e. The lowest BCUT2D eigenvalue weighted by Crippen LogP contribution is -2.36. The van der Waals surface area contributed by atoms with Crippen molar-refractivity contribution in [1.29, 1.82) is 0 Å². The first-order valence-electron chi connectivity index (χ1n) is 8.54. The van der Waals surface area contributed by atoms with E-state index >= 15 is 0 Å². The third-order valence-corrected chi connectivity index (χ3v) is 4.27. The molecule has 1 saturated heterocycles. The topological polar surface area (TPSA) is 84.3 Å². The number of carbonyl (C=O) groups excluding carboxylic acids is 1. The highest BCUT2D eigenvalue weighted by Gasteiger charge is 2.12. The zero-order chi connectivity index (χ0) is 17.8. The Hall–Kier alpha value is -3.13. The van der Waals surface area contributed by atoms with E-state index in [1.165, 1.54) is 0 Å². The Bertz CT molecular complexity index is 886. The third kappa shape index (κ3) is 3.60. The number of morpholine rings is 1. The minimum atomic E-state index is -0.301. The quantitative estimate of drug-likeness (QED) is 0.747. The van der Waals surface area contributed by atoms with Crippen LogP contribution in [0.3, 0.4) is 0 Å². The summed E-state index contributed by atoms with van der Waals surface area (Å²) in [7, 11) is 0. The maximum absolute atomic E-state index is 12.1. The first kappa shape index (κ1) is 16.3. The Balaban J connectivity index is 1.32. The first-order valence-corrected chi connectivity index (χ1v) is 8.54. The van der Waals surface area contributed by atoms with Crippen LogP contribution in [0.25, 0.3) is 11.0 Å². The Morgan fingerprint density at radius 1 is 1.12 bits per heavy atom. The smallest absolute Gasteiger partial charge is 0.334 e. The highest BCUT2D eigenvalue weighted by Crippen LogP contribution is 2.13. The van der Waals surface area contributed by atoms with Gasteiger partial charge in [0.05, 0.1) is 24.2 Å². The van der Waals surface area contributed by atoms with Gasteiger partial charge in [0.1, 0.15) is 12.1 Å². The molecule has 2 amide bonds. The monoisotopic (exact) mass is 352 g/mol. The number of ether oxygens (including phenoxy) is 1. The van der Waals surface area contributed by atoms with Crippen LogP contribution in [0.2, 0.25) is 0 Å². The molecule has 0 saturated carbocycles. The minimum Gasteiger partial charge on any atom is -0.378 e. The number of nitrogens with zero attached hydrogens (tertiary/aromatic N) is 4. The molecule has 3 heterocycles. The molecule has 0 radical (unpaired) electrons. The summed E-state index contributed by atoms with van der Waals surface area (Å²) in [6.07, 6.45) is 3.38. The molecule has 1 aliphatic rings. The average Bonchev–Trinajstić information content (AvgIpc) is 3.10. The summed E-state index contributed by atoms with van der Waals surface area (Å²) >= 11 is 0. The number of amides is 2. The zero-order valence-corrected chi connectivity index (χ0v) is 14.3. The molecule has 1 fully saturated rings. The number of para-hydroxylation sites is 2. The van der Waals surface area contributed by atoms with Crippen molar-refractivity contribution in [2.75, 3.05) is 36.6 Å². The van der Waals surface area contributed by atoms with Gasteiger partial charge in [0.25, 0.3) is 0 Å². The number of anilines is 1. The largest absolute Gasteiger partial charge is 0.378 e. The summed E-state index contributed by atoms with van der Waals surface area (Å²) in [4.78, 5) is 23.0. The van der Waals surface area contributed by atoms with Gasteiger partial charge in [-0.3, -0.25) is 0 Å². The van der Waals surface area contributed by atoms with Gasteiger partial charge in [-0.1, -0.05) is 18.2 Å². The van der Waals surface area contributed by atoms with E-state index < -0.39 is 0 Å². The van der Waals surface area contributed by atoms with E-state index in [0.29, 0.717) is 6.54 Å². The van der Waals surface area contributed by atoms with Crippen LogP contribution in [0.1, 0.15) is 5.56 Å². The van der Waals surface area contributed by atoms with E-state index in [1.54, 1.807) is 17.2 Å². The summed E-state index contributed by atoms with van der Waals surface area (Å²) in [6, 6.07) is 11.3. The van der Waals surface area contributed by atoms with Gasteiger partial charge in [-0.05, 0) is 23.8 Å². The van der Waals surface area contributed by atoms with E-state index in [1.807, 2.05) is 36.4 Å². The lowest BCUT2D eigenvalue weighted by atomic mass is 10.2. The molecule has 8 nitrogen and oxygen atoms in total. The van der Waals surface area contributed by atoms with E-state index in [9.17, 15) is 4.79 Å². The number of benzene rings is 1. The van der Waals surface area contributed by atoms with Gasteiger partial charge >= 0.3 is 6.03 Å². The molecule has 4 rings (SSSR count). The van der Waals surface area contributed by atoms with Crippen molar-refractivity contribution in [2.45, 2.75) is 6.54 Å². The minimum absolute atomic E-state index is 0.301. The van der Waals surface area contributed by atoms with Crippen molar-refractivity contribution in [3.63, 3.8) is 0 Å². The average molecular weight is 352 g/mol. The molecule has 2 N–H and O–H groups in total. The normalized spacial score (nSPS) is 14.4. The van der Waals surface area contributed by atoms with Gasteiger partial charge in [-0.15, -0.1) is 0 Å². The van der Waals surface area contributed by atoms with Gasteiger partial charge in [-0.2, -0.15) is 0 Å². The molecule has 2 aromatic heterocycles. The van der Waals surface area contributed by atoms with Crippen LogP contribution in [0.15, 0.2) is 48.9 Å². The van der Waals surface area contributed by atoms with Crippen LogP contribution in [-0.4, -0.2) is 47.0 Å². The number of aromatic nitrogens is 3. The predicted octanol–water partition coefficient (Wildman–Crippen LogP) is 1.72. The molecule has 1 aromatic carbocycles. The number of carbonyl (C=O) groups is 1. The Morgan fingerprint density at radius 2 is 1.96 bits per heavy atom. The number of rotatable bonds is 4. The predicted molar refractivity (Wildman–Crippen MR) is 98.6 cm³/mol. The van der Waals surface area contributed by atoms with Crippen LogP contribution >= 0.6 is 0 Å². The molecule has 8 heteroatoms. The Morgan fingerprint density at radius 3 is 2.77 bits per heavy atom. The van der Waals surface area contributed by atoms with Crippen molar-refractivity contribution < 1.29 is 9.53 Å². The van der Waals surface area contributed by atoms with Crippen molar-refractivity contribution in [2.24, 2.45) is 0 Å². The summed E-state index contributed by atoms with van der Waals surface area (Å²) in [6.45, 7) is 3.56. The standard InChI is InChI=1S/C18H20N6O2/c25-18(22-24-13-21-15-3-1-2-4-16(15)24)20-12-14-5-6-17(19-11-14)23-7-9-26-10-8-23/h1-6,11,13H,7-10,12H2,(H2,20,22,25). The second kappa shape index (κ2) is 7.40. The molecule has 0 atom stereocenters. The number of hydrogen-bond acceptors (Lipinski definition) is 5. The molecule has 26 heavy (non-hydrogen) atoms. The summed E-state index contributed by atoms with van der Waals surface area (Å²) < 4.78 is 6.95. The zero-order valence-electron chi connectivity index (χ0n) is 14.3. The third-order valence-electron chi connectivity index (χ3n) is 4.27. The molecule has 134 valence electrons. The first-order chi connectivity index (χ1) is 12.8. The SMILES string of the molecule is O=C(NCc1ccc(N2CCOCC2)nc1)Nn1cnc2ccccc21. The molecular weight excluding hydrogens is 332 g/mol. The molecule has 3 aromatic rings. The second-order valence-corrected chi connectivity index (χ2v) is 6.02. The van der Waals surface area contributed by atoms with Crippen molar-refractivity contribution in [3.05, 3.63) is 54.5 Å². The second-order valence-electron chi connectivity index (χ2n) is 6.02. The fourth-order valence-corrected chi connectivity index (χ4v) is 2.88. The Labute approximate surface area is 150 Å². The summed E-state index contributed by atoms with van der Waals surface area (Å²) in [5.74, 6) is 0.936. The van der Waals surface area contributed by atoms with Crippen LogP contribution in [0, 0.1) is 0 Å². The lowest BCUT2D eigenvalue weighted by Gasteiger charge is -2.27. The van der Waals surface area contributed by atoms with Crippen molar-refractivity contribution in [1.82, 2.24) is 20.0 Å². The molecule has 0 bridgehead atoms. The number of fused-ring (bicyclic) bond motifs is 1. The number of hydrogen-bond donors (Lipinski definition) is 2. The van der Waals surface area contributed by atoms with Crippen LogP contribution < -0.4 is 15.6 Å². The number of imidazole rings is 1. The van der Waals surface area contributed by atoms with Crippen molar-refractivity contribution in [3.8, 4) is 0 Å². The van der Waals surface area contributed by atoms with Gasteiger partial charge in [0.15, 0.2) is 0 Å². The number of nitrogens with one attached hydrogen (secondary N) is 2. The van der Waals surface area contributed by atoms with Crippen LogP contribution in [-0.2, 0) is 11.3 Å². The number of pyridine rings is 1. The highest BCUT2D eigenvalue weighted by atomic mass is 16.5. The molecule has 0 unspecified atom stereocenters. The molecular formula is C18H20N6O2. The molecule has 1 aliphatic heterocycles. The van der Waals surface area contributed by atoms with E-state index in [4.69, 9.17) is 4.74 Å². The fraction of sp³-hybridized carbons (Fsp3) is 0.278. The molecule has 0 spiro atoms. The van der Waals surface area contributed by atoms with Crippen molar-refractivity contribution >= 4 is 22.9 Å². The van der Waals surface area contributed by atoms with Gasteiger partial charge in [0.2, 0.25) is 0 Å². The van der Waals surface area contributed by atoms with Crippen LogP contribution in [0.5, 0.6) is 0 Å². The van der Waals surface area contributed by atoms with Gasteiger partial charge in [-0.25, -0.2) is 24.9 Å². The van der Waals surface area contributed by atoms with Gasteiger partial charge < -0.3 is 15.0 Å². The fourth-order valence-electron chi connectivity index (χ4n) is 2.88. The lowest BCUT2D eigenvalue weighted by molar-refractivity contribution is 0.122.